The highest BCUT2D eigenvalue weighted by Gasteiger charge is 2.23. The van der Waals surface area contributed by atoms with Gasteiger partial charge >= 0.3 is 0 Å². The lowest BCUT2D eigenvalue weighted by atomic mass is 10.1. The summed E-state index contributed by atoms with van der Waals surface area (Å²) < 4.78 is 0. The number of aromatic nitrogens is 1. The predicted molar refractivity (Wildman–Crippen MR) is 78.9 cm³/mol. The average Bonchev–Trinajstić information content (AvgIpc) is 2.96. The number of amides is 1. The van der Waals surface area contributed by atoms with Crippen LogP contribution in [-0.2, 0) is 0 Å². The fourth-order valence-corrected chi connectivity index (χ4v) is 2.56. The molecule has 0 saturated carbocycles. The lowest BCUT2D eigenvalue weighted by Gasteiger charge is -2.25. The lowest BCUT2D eigenvalue weighted by Crippen LogP contribution is -2.43. The molecule has 1 saturated heterocycles. The third-order valence-corrected chi connectivity index (χ3v) is 3.72. The zero-order valence-electron chi connectivity index (χ0n) is 12.0. The van der Waals surface area contributed by atoms with Gasteiger partial charge in [0.1, 0.15) is 5.56 Å². The quantitative estimate of drug-likeness (QED) is 0.825. The van der Waals surface area contributed by atoms with Crippen molar-refractivity contribution in [3.8, 4) is 0 Å². The molecule has 110 valence electrons. The van der Waals surface area contributed by atoms with Crippen LogP contribution >= 0.6 is 0 Å². The first kappa shape index (κ1) is 14.8. The number of nitrogens with one attached hydrogen (secondary N) is 2. The molecule has 0 radical (unpaired) electrons. The summed E-state index contributed by atoms with van der Waals surface area (Å²) in [5, 5.41) is 3.40. The third kappa shape index (κ3) is 3.70. The number of hydrogen-bond acceptors (Lipinski definition) is 3. The third-order valence-electron chi connectivity index (χ3n) is 3.72. The van der Waals surface area contributed by atoms with E-state index < -0.39 is 0 Å². The summed E-state index contributed by atoms with van der Waals surface area (Å²) in [5.74, 6) is -0.158. The van der Waals surface area contributed by atoms with Crippen LogP contribution < -0.4 is 10.9 Å². The number of rotatable bonds is 6. The minimum Gasteiger partial charge on any atom is -0.337 e. The maximum atomic E-state index is 12.5. The predicted octanol–water partition coefficient (Wildman–Crippen LogP) is 1.37. The number of pyridine rings is 1. The number of unbranched alkanes of at least 4 members (excludes halogenated alkanes) is 1. The van der Waals surface area contributed by atoms with Crippen molar-refractivity contribution >= 4 is 5.91 Å². The van der Waals surface area contributed by atoms with E-state index in [1.807, 2.05) is 4.90 Å². The molecule has 1 fully saturated rings. The van der Waals surface area contributed by atoms with Gasteiger partial charge in [-0.05, 0) is 37.9 Å². The van der Waals surface area contributed by atoms with Crippen molar-refractivity contribution in [3.63, 3.8) is 0 Å². The monoisotopic (exact) mass is 277 g/mol. The molecular formula is C15H23N3O2. The topological polar surface area (TPSA) is 65.2 Å². The summed E-state index contributed by atoms with van der Waals surface area (Å²) in [6, 6.07) is 3.65. The first-order valence-electron chi connectivity index (χ1n) is 7.42. The Kier molecular flexibility index (Phi) is 5.35. The van der Waals surface area contributed by atoms with Crippen molar-refractivity contribution in [1.29, 1.82) is 0 Å². The molecule has 0 bridgehead atoms. The Morgan fingerprint density at radius 3 is 3.00 bits per heavy atom. The Hall–Kier alpha value is -1.62. The Labute approximate surface area is 119 Å². The Bertz CT molecular complexity index is 492. The molecule has 2 N–H and O–H groups in total. The maximum absolute atomic E-state index is 12.5. The summed E-state index contributed by atoms with van der Waals surface area (Å²) in [6.45, 7) is 4.52. The summed E-state index contributed by atoms with van der Waals surface area (Å²) in [7, 11) is 0. The van der Waals surface area contributed by atoms with Crippen LogP contribution in [0.1, 0.15) is 43.0 Å². The molecule has 2 heterocycles. The normalized spacial score (nSPS) is 18.1. The molecule has 0 aliphatic carbocycles. The van der Waals surface area contributed by atoms with E-state index in [0.29, 0.717) is 19.1 Å². The van der Waals surface area contributed by atoms with Gasteiger partial charge in [0.15, 0.2) is 0 Å². The SMILES string of the molecule is CCCCN(CC1CCCN1)C(=O)c1ccc[nH]c1=O. The van der Waals surface area contributed by atoms with E-state index in [-0.39, 0.29) is 17.0 Å². The molecule has 1 aromatic rings. The van der Waals surface area contributed by atoms with Gasteiger partial charge in [0, 0.05) is 25.3 Å². The number of hydrogen-bond donors (Lipinski definition) is 2. The van der Waals surface area contributed by atoms with E-state index in [1.165, 1.54) is 0 Å². The van der Waals surface area contributed by atoms with Crippen LogP contribution in [0.15, 0.2) is 23.1 Å². The van der Waals surface area contributed by atoms with Crippen molar-refractivity contribution in [2.24, 2.45) is 0 Å². The molecule has 2 rings (SSSR count). The Morgan fingerprint density at radius 1 is 1.50 bits per heavy atom. The molecule has 20 heavy (non-hydrogen) atoms. The van der Waals surface area contributed by atoms with Crippen LogP contribution in [0.3, 0.4) is 0 Å². The van der Waals surface area contributed by atoms with Crippen LogP contribution in [0.4, 0.5) is 0 Å². The van der Waals surface area contributed by atoms with Crippen LogP contribution in [0, 0.1) is 0 Å². The Balaban J connectivity index is 2.10. The zero-order chi connectivity index (χ0) is 14.4. The largest absolute Gasteiger partial charge is 0.337 e. The van der Waals surface area contributed by atoms with Gasteiger partial charge in [0.05, 0.1) is 0 Å². The molecule has 1 aliphatic rings. The van der Waals surface area contributed by atoms with Crippen molar-refractivity contribution < 1.29 is 4.79 Å². The van der Waals surface area contributed by atoms with Crippen molar-refractivity contribution in [2.45, 2.75) is 38.6 Å². The van der Waals surface area contributed by atoms with Crippen LogP contribution in [-0.4, -0.2) is 41.5 Å². The summed E-state index contributed by atoms with van der Waals surface area (Å²) in [5.41, 5.74) is -0.0695. The summed E-state index contributed by atoms with van der Waals surface area (Å²) >= 11 is 0. The molecule has 0 spiro atoms. The van der Waals surface area contributed by atoms with Gasteiger partial charge < -0.3 is 15.2 Å². The van der Waals surface area contributed by atoms with E-state index in [2.05, 4.69) is 17.2 Å². The van der Waals surface area contributed by atoms with Gasteiger partial charge in [-0.25, -0.2) is 0 Å². The molecule has 5 nitrogen and oxygen atoms in total. The van der Waals surface area contributed by atoms with Crippen molar-refractivity contribution in [2.75, 3.05) is 19.6 Å². The highest BCUT2D eigenvalue weighted by Crippen LogP contribution is 2.10. The second kappa shape index (κ2) is 7.24. The highest BCUT2D eigenvalue weighted by atomic mass is 16.2. The molecule has 1 atom stereocenters. The van der Waals surface area contributed by atoms with E-state index >= 15 is 0 Å². The second-order valence-corrected chi connectivity index (χ2v) is 5.31. The molecule has 1 unspecified atom stereocenters. The van der Waals surface area contributed by atoms with Gasteiger partial charge in [0.25, 0.3) is 11.5 Å². The van der Waals surface area contributed by atoms with Gasteiger partial charge in [-0.15, -0.1) is 0 Å². The fourth-order valence-electron chi connectivity index (χ4n) is 2.56. The molecular weight excluding hydrogens is 254 g/mol. The van der Waals surface area contributed by atoms with E-state index in [4.69, 9.17) is 0 Å². The van der Waals surface area contributed by atoms with E-state index in [1.54, 1.807) is 18.3 Å². The number of nitrogens with zero attached hydrogens (tertiary/aromatic N) is 1. The van der Waals surface area contributed by atoms with Crippen molar-refractivity contribution in [1.82, 2.24) is 15.2 Å². The van der Waals surface area contributed by atoms with Gasteiger partial charge in [-0.1, -0.05) is 13.3 Å². The van der Waals surface area contributed by atoms with Crippen LogP contribution in [0.2, 0.25) is 0 Å². The molecule has 1 aliphatic heterocycles. The number of H-pyrrole nitrogens is 1. The lowest BCUT2D eigenvalue weighted by molar-refractivity contribution is 0.0737. The van der Waals surface area contributed by atoms with Crippen LogP contribution in [0.25, 0.3) is 0 Å². The van der Waals surface area contributed by atoms with Crippen molar-refractivity contribution in [3.05, 3.63) is 34.2 Å². The first-order valence-corrected chi connectivity index (χ1v) is 7.42. The standard InChI is InChI=1S/C15H23N3O2/c1-2-3-10-18(11-12-6-4-8-16-12)15(20)13-7-5-9-17-14(13)19/h5,7,9,12,16H,2-4,6,8,10-11H2,1H3,(H,17,19). The van der Waals surface area contributed by atoms with E-state index in [0.717, 1.165) is 32.2 Å². The highest BCUT2D eigenvalue weighted by molar-refractivity contribution is 5.93. The smallest absolute Gasteiger partial charge is 0.260 e. The molecule has 5 heteroatoms. The molecule has 1 amide bonds. The number of carbonyl (C=O) groups excluding carboxylic acids is 1. The zero-order valence-corrected chi connectivity index (χ0v) is 12.0. The van der Waals surface area contributed by atoms with Gasteiger partial charge in [0.2, 0.25) is 0 Å². The second-order valence-electron chi connectivity index (χ2n) is 5.31. The van der Waals surface area contributed by atoms with Crippen LogP contribution in [0.5, 0.6) is 0 Å². The molecule has 0 aromatic carbocycles. The van der Waals surface area contributed by atoms with E-state index in [9.17, 15) is 9.59 Å². The van der Waals surface area contributed by atoms with Gasteiger partial charge in [-0.2, -0.15) is 0 Å². The average molecular weight is 277 g/mol. The fraction of sp³-hybridized carbons (Fsp3) is 0.600. The maximum Gasteiger partial charge on any atom is 0.260 e. The molecule has 1 aromatic heterocycles. The summed E-state index contributed by atoms with van der Waals surface area (Å²) in [6.07, 6.45) is 5.80. The van der Waals surface area contributed by atoms with Gasteiger partial charge in [-0.3, -0.25) is 9.59 Å². The number of aromatic amines is 1. The minimum absolute atomic E-state index is 0.158. The number of carbonyl (C=O) groups is 1. The Morgan fingerprint density at radius 2 is 2.35 bits per heavy atom. The first-order chi connectivity index (χ1) is 9.72. The minimum atomic E-state index is -0.307. The summed E-state index contributed by atoms with van der Waals surface area (Å²) in [4.78, 5) is 28.7.